The van der Waals surface area contributed by atoms with Crippen LogP contribution in [0.25, 0.3) is 0 Å². The van der Waals surface area contributed by atoms with Crippen LogP contribution in [-0.2, 0) is 0 Å². The van der Waals surface area contributed by atoms with Crippen LogP contribution in [-0.4, -0.2) is 12.1 Å². The lowest BCUT2D eigenvalue weighted by molar-refractivity contribution is 0.416. The van der Waals surface area contributed by atoms with Gasteiger partial charge in [-0.1, -0.05) is 0 Å². The second-order valence-corrected chi connectivity index (χ2v) is 1.54. The van der Waals surface area contributed by atoms with Crippen molar-refractivity contribution in [2.45, 2.75) is 0 Å². The molecule has 0 aromatic carbocycles. The first-order valence-corrected chi connectivity index (χ1v) is 2.50. The highest BCUT2D eigenvalue weighted by Crippen LogP contribution is 2.16. The third-order valence-electron chi connectivity index (χ3n) is 0.971. The Morgan fingerprint density at radius 1 is 1.89 bits per heavy atom. The predicted octanol–water partition coefficient (Wildman–Crippen LogP) is 0.672. The quantitative estimate of drug-likeness (QED) is 0.600. The summed E-state index contributed by atoms with van der Waals surface area (Å²) in [6.07, 6.45) is 1.54. The number of rotatable bonds is 1. The van der Waals surface area contributed by atoms with E-state index in [-0.39, 0.29) is 11.9 Å². The van der Waals surface area contributed by atoms with Gasteiger partial charge < -0.3 is 10.5 Å². The smallest absolute Gasteiger partial charge is 0.144 e. The monoisotopic (exact) mass is 125 g/mol. The molecule has 1 heterocycles. The Balaban J connectivity index is 3.14. The zero-order valence-electron chi connectivity index (χ0n) is 6.09. The van der Waals surface area contributed by atoms with Gasteiger partial charge in [-0.2, -0.15) is 0 Å². The molecule has 0 unspecified atom stereocenters. The molecule has 0 aliphatic rings. The van der Waals surface area contributed by atoms with Crippen LogP contribution in [0.1, 0.15) is 1.37 Å². The lowest BCUT2D eigenvalue weighted by atomic mass is 10.4. The van der Waals surface area contributed by atoms with E-state index in [1.165, 1.54) is 13.3 Å². The Morgan fingerprint density at radius 2 is 2.67 bits per heavy atom. The molecule has 0 fully saturated rings. The van der Waals surface area contributed by atoms with Crippen molar-refractivity contribution in [1.82, 2.24) is 4.98 Å². The van der Waals surface area contributed by atoms with Gasteiger partial charge in [-0.05, 0) is 0 Å². The van der Waals surface area contributed by atoms with Gasteiger partial charge in [0.2, 0.25) is 0 Å². The fourth-order valence-electron chi connectivity index (χ4n) is 0.535. The van der Waals surface area contributed by atoms with Crippen LogP contribution in [0, 0.1) is 0 Å². The van der Waals surface area contributed by atoms with Crippen LogP contribution in [0.15, 0.2) is 18.4 Å². The average Bonchev–Trinajstić information content (AvgIpc) is 1.95. The van der Waals surface area contributed by atoms with E-state index in [0.29, 0.717) is 5.75 Å². The van der Waals surface area contributed by atoms with Crippen LogP contribution >= 0.6 is 0 Å². The maximum Gasteiger partial charge on any atom is 0.144 e. The number of nitrogen functional groups attached to an aromatic ring is 1. The summed E-state index contributed by atoms with van der Waals surface area (Å²) in [6, 6.07) is 1.62. The lowest BCUT2D eigenvalue weighted by Gasteiger charge is -1.99. The van der Waals surface area contributed by atoms with Crippen molar-refractivity contribution in [2.24, 2.45) is 0 Å². The summed E-state index contributed by atoms with van der Waals surface area (Å²) >= 11 is 0. The Labute approximate surface area is 54.9 Å². The van der Waals surface area contributed by atoms with E-state index in [4.69, 9.17) is 11.8 Å². The Bertz CT molecular complexity index is 239. The molecule has 1 aromatic rings. The summed E-state index contributed by atoms with van der Waals surface area (Å²) in [6.45, 7) is 0. The van der Waals surface area contributed by atoms with Gasteiger partial charge in [-0.25, -0.2) is 0 Å². The predicted molar refractivity (Wildman–Crippen MR) is 35.2 cm³/mol. The van der Waals surface area contributed by atoms with Gasteiger partial charge in [0, 0.05) is 12.3 Å². The van der Waals surface area contributed by atoms with Crippen molar-refractivity contribution in [1.29, 1.82) is 0 Å². The first-order valence-electron chi connectivity index (χ1n) is 3.00. The minimum Gasteiger partial charge on any atom is -0.494 e. The van der Waals surface area contributed by atoms with Gasteiger partial charge in [0.05, 0.1) is 20.3 Å². The van der Waals surface area contributed by atoms with Gasteiger partial charge in [0.1, 0.15) is 5.75 Å². The van der Waals surface area contributed by atoms with E-state index in [9.17, 15) is 0 Å². The number of ether oxygens (including phenoxy) is 1. The molecule has 1 aromatic heterocycles. The maximum absolute atomic E-state index is 7.15. The van der Waals surface area contributed by atoms with E-state index in [1.807, 2.05) is 0 Å². The summed E-state index contributed by atoms with van der Waals surface area (Å²) in [5.41, 5.74) is 5.70. The summed E-state index contributed by atoms with van der Waals surface area (Å²) in [5.74, 6) is 0.500. The van der Waals surface area contributed by atoms with Crippen LogP contribution in [0.3, 0.4) is 0 Å². The number of nitrogens with two attached hydrogens (primary N) is 1. The van der Waals surface area contributed by atoms with Crippen molar-refractivity contribution in [3.05, 3.63) is 18.4 Å². The molecule has 0 atom stereocenters. The molecule has 0 saturated carbocycles. The number of hydrogen-bond donors (Lipinski definition) is 1. The van der Waals surface area contributed by atoms with Gasteiger partial charge in [-0.15, -0.1) is 0 Å². The molecular weight excluding hydrogens is 116 g/mol. The summed E-state index contributed by atoms with van der Waals surface area (Å²) < 4.78 is 12.0. The molecule has 48 valence electrons. The number of pyridine rings is 1. The van der Waals surface area contributed by atoms with Crippen LogP contribution < -0.4 is 10.5 Å². The molecule has 9 heavy (non-hydrogen) atoms. The molecule has 1 rings (SSSR count). The number of nitrogens with zero attached hydrogens (tertiary/aromatic N) is 1. The second kappa shape index (κ2) is 2.35. The normalized spacial score (nSPS) is 10.6. The lowest BCUT2D eigenvalue weighted by Crippen LogP contribution is -1.91. The molecular formula is C6H8N2O. The van der Waals surface area contributed by atoms with Gasteiger partial charge in [-0.3, -0.25) is 4.98 Å². The van der Waals surface area contributed by atoms with Crippen LogP contribution in [0.4, 0.5) is 5.69 Å². The Hall–Kier alpha value is -1.25. The molecule has 0 saturated heterocycles. The third kappa shape index (κ3) is 1.10. The highest BCUT2D eigenvalue weighted by molar-refractivity contribution is 5.49. The topological polar surface area (TPSA) is 48.1 Å². The van der Waals surface area contributed by atoms with Crippen LogP contribution in [0.2, 0.25) is 0 Å². The van der Waals surface area contributed by atoms with E-state index >= 15 is 0 Å². The van der Waals surface area contributed by atoms with Crippen molar-refractivity contribution in [3.63, 3.8) is 0 Å². The Morgan fingerprint density at radius 3 is 3.22 bits per heavy atom. The standard InChI is InChI=1S/C6H8N2O/c1-9-6-2-3-8-4-5(6)7/h2-4H,7H2,1H3/i4D. The fourth-order valence-corrected chi connectivity index (χ4v) is 0.535. The minimum atomic E-state index is 0.0550. The van der Waals surface area contributed by atoms with E-state index in [0.717, 1.165) is 0 Å². The molecule has 0 aliphatic carbocycles. The number of aromatic nitrogens is 1. The zero-order chi connectivity index (χ0) is 7.56. The summed E-state index contributed by atoms with van der Waals surface area (Å²) in [5, 5.41) is 0. The first kappa shape index (κ1) is 4.61. The Kier molecular flexibility index (Phi) is 1.20. The van der Waals surface area contributed by atoms with Gasteiger partial charge >= 0.3 is 0 Å². The van der Waals surface area contributed by atoms with E-state index in [2.05, 4.69) is 4.98 Å². The van der Waals surface area contributed by atoms with Crippen molar-refractivity contribution < 1.29 is 6.11 Å². The molecule has 3 nitrogen and oxygen atoms in total. The molecule has 0 bridgehead atoms. The third-order valence-corrected chi connectivity index (χ3v) is 0.971. The number of anilines is 1. The van der Waals surface area contributed by atoms with Crippen molar-refractivity contribution in [3.8, 4) is 5.75 Å². The minimum absolute atomic E-state index is 0.0550. The molecule has 3 heteroatoms. The fraction of sp³-hybridized carbons (Fsp3) is 0.167. The average molecular weight is 125 g/mol. The molecule has 2 N–H and O–H groups in total. The summed E-state index contributed by atoms with van der Waals surface area (Å²) in [4.78, 5) is 3.65. The highest BCUT2D eigenvalue weighted by atomic mass is 16.5. The number of hydrogen-bond acceptors (Lipinski definition) is 3. The molecule has 0 aliphatic heterocycles. The van der Waals surface area contributed by atoms with E-state index in [1.54, 1.807) is 6.07 Å². The molecule has 0 radical (unpaired) electrons. The zero-order valence-corrected chi connectivity index (χ0v) is 5.09. The van der Waals surface area contributed by atoms with E-state index < -0.39 is 0 Å². The maximum atomic E-state index is 7.15. The largest absolute Gasteiger partial charge is 0.494 e. The van der Waals surface area contributed by atoms with Crippen molar-refractivity contribution in [2.75, 3.05) is 12.8 Å². The first-order chi connectivity index (χ1) is 4.75. The molecule has 0 amide bonds. The highest BCUT2D eigenvalue weighted by Gasteiger charge is 1.92. The number of methoxy groups -OCH3 is 1. The second-order valence-electron chi connectivity index (χ2n) is 1.54. The van der Waals surface area contributed by atoms with Gasteiger partial charge in [0.15, 0.2) is 0 Å². The SMILES string of the molecule is [2H]c1nccc(OC)c1N. The molecule has 0 spiro atoms. The van der Waals surface area contributed by atoms with Gasteiger partial charge in [0.25, 0.3) is 0 Å². The summed E-state index contributed by atoms with van der Waals surface area (Å²) in [7, 11) is 1.51. The van der Waals surface area contributed by atoms with Crippen LogP contribution in [0.5, 0.6) is 5.75 Å². The van der Waals surface area contributed by atoms with Crippen molar-refractivity contribution >= 4 is 5.69 Å².